The van der Waals surface area contributed by atoms with Crippen molar-refractivity contribution in [3.8, 4) is 0 Å². The van der Waals surface area contributed by atoms with E-state index < -0.39 is 6.10 Å². The zero-order valence-electron chi connectivity index (χ0n) is 13.5. The number of H-pyrrole nitrogens is 1. The molecule has 21 heavy (non-hydrogen) atoms. The second-order valence-corrected chi connectivity index (χ2v) is 5.81. The van der Waals surface area contributed by atoms with Crippen LogP contribution in [-0.2, 0) is 6.42 Å². The summed E-state index contributed by atoms with van der Waals surface area (Å²) in [5, 5.41) is 12.5. The Bertz CT molecular complexity index is 518. The van der Waals surface area contributed by atoms with Crippen molar-refractivity contribution in [2.45, 2.75) is 53.6 Å². The van der Waals surface area contributed by atoms with Crippen LogP contribution < -0.4 is 5.32 Å². The highest BCUT2D eigenvalue weighted by molar-refractivity contribution is 6.02. The average molecular weight is 294 g/mol. The van der Waals surface area contributed by atoms with Crippen LogP contribution in [0.5, 0.6) is 0 Å². The molecule has 0 saturated carbocycles. The summed E-state index contributed by atoms with van der Waals surface area (Å²) >= 11 is 0. The van der Waals surface area contributed by atoms with Crippen LogP contribution in [0.1, 0.15) is 66.2 Å². The number of amides is 1. The minimum Gasteiger partial charge on any atom is -0.391 e. The molecule has 118 valence electrons. The standard InChI is InChI=1S/C16H26N2O3/c1-6-7-12-14(11(5)19)10(4)18-15(12)16(21)17-8-13(20)9(2)3/h9,13,18,20H,6-8H2,1-5H3,(H,17,21). The molecule has 1 unspecified atom stereocenters. The third-order valence-electron chi connectivity index (χ3n) is 3.61. The van der Waals surface area contributed by atoms with E-state index in [1.165, 1.54) is 6.92 Å². The summed E-state index contributed by atoms with van der Waals surface area (Å²) in [6.07, 6.45) is 0.952. The van der Waals surface area contributed by atoms with Gasteiger partial charge in [0.2, 0.25) is 0 Å². The molecule has 0 spiro atoms. The van der Waals surface area contributed by atoms with Crippen molar-refractivity contribution in [3.05, 3.63) is 22.5 Å². The SMILES string of the molecule is CCCc1c(C(=O)NCC(O)C(C)C)[nH]c(C)c1C(C)=O. The predicted molar refractivity (Wildman–Crippen MR) is 82.7 cm³/mol. The monoisotopic (exact) mass is 294 g/mol. The van der Waals surface area contributed by atoms with Gasteiger partial charge in [0, 0.05) is 17.8 Å². The molecular formula is C16H26N2O3. The molecule has 5 heteroatoms. The van der Waals surface area contributed by atoms with E-state index in [1.807, 2.05) is 20.8 Å². The molecule has 0 saturated heterocycles. The number of carbonyl (C=O) groups excluding carboxylic acids is 2. The van der Waals surface area contributed by atoms with Crippen molar-refractivity contribution >= 4 is 11.7 Å². The van der Waals surface area contributed by atoms with Crippen LogP contribution in [0.3, 0.4) is 0 Å². The highest BCUT2D eigenvalue weighted by atomic mass is 16.3. The maximum atomic E-state index is 12.3. The van der Waals surface area contributed by atoms with Gasteiger partial charge in [0.1, 0.15) is 5.69 Å². The van der Waals surface area contributed by atoms with Crippen molar-refractivity contribution < 1.29 is 14.7 Å². The molecule has 1 aromatic rings. The van der Waals surface area contributed by atoms with Gasteiger partial charge >= 0.3 is 0 Å². The number of hydrogen-bond acceptors (Lipinski definition) is 3. The van der Waals surface area contributed by atoms with Crippen molar-refractivity contribution in [3.63, 3.8) is 0 Å². The van der Waals surface area contributed by atoms with E-state index in [1.54, 1.807) is 6.92 Å². The lowest BCUT2D eigenvalue weighted by molar-refractivity contribution is 0.0866. The summed E-state index contributed by atoms with van der Waals surface area (Å²) in [6.45, 7) is 9.32. The molecule has 0 radical (unpaired) electrons. The Balaban J connectivity index is 2.98. The summed E-state index contributed by atoms with van der Waals surface area (Å²) in [5.74, 6) is -0.221. The summed E-state index contributed by atoms with van der Waals surface area (Å²) in [4.78, 5) is 27.1. The summed E-state index contributed by atoms with van der Waals surface area (Å²) < 4.78 is 0. The molecule has 0 bridgehead atoms. The van der Waals surface area contributed by atoms with Crippen LogP contribution in [0.4, 0.5) is 0 Å². The smallest absolute Gasteiger partial charge is 0.268 e. The van der Waals surface area contributed by atoms with E-state index in [2.05, 4.69) is 10.3 Å². The van der Waals surface area contributed by atoms with Crippen LogP contribution >= 0.6 is 0 Å². The number of aromatic amines is 1. The molecule has 1 aromatic heterocycles. The Morgan fingerprint density at radius 1 is 1.33 bits per heavy atom. The molecule has 1 heterocycles. The molecule has 1 rings (SSSR count). The number of aryl methyl sites for hydroxylation is 1. The fourth-order valence-electron chi connectivity index (χ4n) is 2.37. The lowest BCUT2D eigenvalue weighted by atomic mass is 10.0. The first-order valence-electron chi connectivity index (χ1n) is 7.48. The second kappa shape index (κ2) is 7.41. The Morgan fingerprint density at radius 3 is 2.43 bits per heavy atom. The fourth-order valence-corrected chi connectivity index (χ4v) is 2.37. The van der Waals surface area contributed by atoms with E-state index in [0.29, 0.717) is 17.7 Å². The Labute approximate surface area is 126 Å². The summed E-state index contributed by atoms with van der Waals surface area (Å²) in [7, 11) is 0. The van der Waals surface area contributed by atoms with Crippen LogP contribution in [0, 0.1) is 12.8 Å². The second-order valence-electron chi connectivity index (χ2n) is 5.81. The number of rotatable bonds is 7. The van der Waals surface area contributed by atoms with Crippen LogP contribution in [0.15, 0.2) is 0 Å². The number of hydrogen-bond donors (Lipinski definition) is 3. The maximum Gasteiger partial charge on any atom is 0.268 e. The van der Waals surface area contributed by atoms with Gasteiger partial charge in [0.15, 0.2) is 5.78 Å². The molecule has 5 nitrogen and oxygen atoms in total. The van der Waals surface area contributed by atoms with Gasteiger partial charge in [-0.3, -0.25) is 9.59 Å². The van der Waals surface area contributed by atoms with E-state index >= 15 is 0 Å². The van der Waals surface area contributed by atoms with E-state index in [-0.39, 0.29) is 24.2 Å². The van der Waals surface area contributed by atoms with Crippen molar-refractivity contribution in [2.75, 3.05) is 6.54 Å². The van der Waals surface area contributed by atoms with E-state index in [9.17, 15) is 14.7 Å². The third-order valence-corrected chi connectivity index (χ3v) is 3.61. The highest BCUT2D eigenvalue weighted by Crippen LogP contribution is 2.21. The Kier molecular flexibility index (Phi) is 6.15. The number of carbonyl (C=O) groups is 2. The van der Waals surface area contributed by atoms with Crippen molar-refractivity contribution in [2.24, 2.45) is 5.92 Å². The highest BCUT2D eigenvalue weighted by Gasteiger charge is 2.22. The molecule has 0 fully saturated rings. The zero-order valence-corrected chi connectivity index (χ0v) is 13.5. The van der Waals surface area contributed by atoms with Gasteiger partial charge in [-0.25, -0.2) is 0 Å². The van der Waals surface area contributed by atoms with Gasteiger partial charge in [-0.15, -0.1) is 0 Å². The molecule has 1 amide bonds. The number of ketones is 1. The van der Waals surface area contributed by atoms with Gasteiger partial charge in [-0.1, -0.05) is 27.2 Å². The van der Waals surface area contributed by atoms with E-state index in [4.69, 9.17) is 0 Å². The molecule has 0 aliphatic heterocycles. The topological polar surface area (TPSA) is 82.2 Å². The number of aliphatic hydroxyl groups excluding tert-OH is 1. The number of aromatic nitrogens is 1. The third kappa shape index (κ3) is 4.17. The number of aliphatic hydroxyl groups is 1. The summed E-state index contributed by atoms with van der Waals surface area (Å²) in [6, 6.07) is 0. The largest absolute Gasteiger partial charge is 0.391 e. The van der Waals surface area contributed by atoms with Crippen molar-refractivity contribution in [1.82, 2.24) is 10.3 Å². The lowest BCUT2D eigenvalue weighted by Gasteiger charge is -2.15. The predicted octanol–water partition coefficient (Wildman–Crippen LogP) is 2.22. The number of Topliss-reactive ketones (excluding diaryl/α,β-unsaturated/α-hetero) is 1. The van der Waals surface area contributed by atoms with Crippen molar-refractivity contribution in [1.29, 1.82) is 0 Å². The first-order chi connectivity index (χ1) is 9.79. The van der Waals surface area contributed by atoms with Gasteiger partial charge in [0.25, 0.3) is 5.91 Å². The lowest BCUT2D eigenvalue weighted by Crippen LogP contribution is -2.35. The van der Waals surface area contributed by atoms with E-state index in [0.717, 1.165) is 17.7 Å². The molecule has 0 aromatic carbocycles. The molecule has 3 N–H and O–H groups in total. The molecular weight excluding hydrogens is 268 g/mol. The van der Waals surface area contributed by atoms with Gasteiger partial charge in [-0.05, 0) is 31.7 Å². The van der Waals surface area contributed by atoms with Crippen LogP contribution in [0.25, 0.3) is 0 Å². The quantitative estimate of drug-likeness (QED) is 0.674. The first kappa shape index (κ1) is 17.4. The van der Waals surface area contributed by atoms with Gasteiger partial charge in [-0.2, -0.15) is 0 Å². The Hall–Kier alpha value is -1.62. The molecule has 0 aliphatic carbocycles. The minimum atomic E-state index is -0.577. The Morgan fingerprint density at radius 2 is 1.95 bits per heavy atom. The maximum absolute atomic E-state index is 12.3. The fraction of sp³-hybridized carbons (Fsp3) is 0.625. The molecule has 1 atom stereocenters. The average Bonchev–Trinajstić information content (AvgIpc) is 2.72. The number of nitrogens with one attached hydrogen (secondary N) is 2. The minimum absolute atomic E-state index is 0.0338. The van der Waals surface area contributed by atoms with Crippen LogP contribution in [0.2, 0.25) is 0 Å². The van der Waals surface area contributed by atoms with Crippen LogP contribution in [-0.4, -0.2) is 34.4 Å². The molecule has 0 aliphatic rings. The first-order valence-corrected chi connectivity index (χ1v) is 7.48. The summed E-state index contributed by atoms with van der Waals surface area (Å²) in [5.41, 5.74) is 2.56. The van der Waals surface area contributed by atoms with Gasteiger partial charge < -0.3 is 15.4 Å². The zero-order chi connectivity index (χ0) is 16.2. The normalized spacial score (nSPS) is 12.5. The van der Waals surface area contributed by atoms with Gasteiger partial charge in [0.05, 0.1) is 6.10 Å².